The van der Waals surface area contributed by atoms with Gasteiger partial charge in [-0.05, 0) is 87.8 Å². The van der Waals surface area contributed by atoms with E-state index in [4.69, 9.17) is 9.47 Å². The fourth-order valence-electron chi connectivity index (χ4n) is 5.56. The molecule has 1 heterocycles. The Labute approximate surface area is 216 Å². The zero-order valence-electron chi connectivity index (χ0n) is 24.0. The molecular formula is C32H52O3. The van der Waals surface area contributed by atoms with Crippen molar-refractivity contribution < 1.29 is 14.3 Å². The van der Waals surface area contributed by atoms with Gasteiger partial charge in [0.2, 0.25) is 0 Å². The minimum Gasteiger partial charge on any atom is -0.487 e. The van der Waals surface area contributed by atoms with Crippen molar-refractivity contribution in [2.24, 2.45) is 17.8 Å². The van der Waals surface area contributed by atoms with E-state index in [0.717, 1.165) is 59.5 Å². The summed E-state index contributed by atoms with van der Waals surface area (Å²) in [7, 11) is 0. The molecule has 0 spiro atoms. The highest BCUT2D eigenvalue weighted by molar-refractivity contribution is 5.84. The number of hydrogen-bond acceptors (Lipinski definition) is 3. The molecule has 3 heteroatoms. The van der Waals surface area contributed by atoms with Gasteiger partial charge in [-0.25, -0.2) is 4.79 Å². The first-order valence-electron chi connectivity index (χ1n) is 14.1. The van der Waals surface area contributed by atoms with E-state index in [-0.39, 0.29) is 5.60 Å². The lowest BCUT2D eigenvalue weighted by atomic mass is 9.83. The Bertz CT molecular complexity index is 853. The maximum Gasteiger partial charge on any atom is 0.335 e. The zero-order valence-corrected chi connectivity index (χ0v) is 24.0. The first-order valence-corrected chi connectivity index (χ1v) is 14.1. The van der Waals surface area contributed by atoms with E-state index in [9.17, 15) is 4.79 Å². The summed E-state index contributed by atoms with van der Waals surface area (Å²) >= 11 is 0. The SMILES string of the molecule is C=CC(=O)Oc1c(C)c(C)c2c(c1C)CC[C@](C)(CCC[C@H](C)CCC[C@H](C)CCCC(C)C)O2. The first kappa shape index (κ1) is 29.5. The molecule has 1 aliphatic rings. The van der Waals surface area contributed by atoms with E-state index >= 15 is 0 Å². The summed E-state index contributed by atoms with van der Waals surface area (Å²) in [4.78, 5) is 11.8. The minimum absolute atomic E-state index is 0.124. The topological polar surface area (TPSA) is 35.5 Å². The van der Waals surface area contributed by atoms with Gasteiger partial charge in [-0.3, -0.25) is 0 Å². The van der Waals surface area contributed by atoms with Crippen molar-refractivity contribution in [2.75, 3.05) is 0 Å². The second kappa shape index (κ2) is 13.5. The molecule has 35 heavy (non-hydrogen) atoms. The third-order valence-electron chi connectivity index (χ3n) is 8.21. The molecule has 3 nitrogen and oxygen atoms in total. The van der Waals surface area contributed by atoms with Crippen molar-refractivity contribution in [3.05, 3.63) is 34.9 Å². The molecule has 0 saturated heterocycles. The largest absolute Gasteiger partial charge is 0.487 e. The third kappa shape index (κ3) is 8.69. The van der Waals surface area contributed by atoms with Gasteiger partial charge in [-0.15, -0.1) is 0 Å². The molecule has 0 fully saturated rings. The molecule has 0 unspecified atom stereocenters. The molecule has 2 rings (SSSR count). The average Bonchev–Trinajstić information content (AvgIpc) is 2.79. The predicted molar refractivity (Wildman–Crippen MR) is 149 cm³/mol. The van der Waals surface area contributed by atoms with Crippen LogP contribution < -0.4 is 9.47 Å². The first-order chi connectivity index (χ1) is 16.5. The predicted octanol–water partition coefficient (Wildman–Crippen LogP) is 9.23. The maximum atomic E-state index is 11.8. The molecule has 1 aliphatic heterocycles. The molecule has 3 atom stereocenters. The van der Waals surface area contributed by atoms with E-state index in [2.05, 4.69) is 48.1 Å². The summed E-state index contributed by atoms with van der Waals surface area (Å²) in [6, 6.07) is 0. The van der Waals surface area contributed by atoms with Gasteiger partial charge in [0.1, 0.15) is 17.1 Å². The van der Waals surface area contributed by atoms with Gasteiger partial charge in [0, 0.05) is 11.6 Å². The van der Waals surface area contributed by atoms with Crippen LogP contribution in [0.3, 0.4) is 0 Å². The number of benzene rings is 1. The van der Waals surface area contributed by atoms with Crippen molar-refractivity contribution in [1.82, 2.24) is 0 Å². The number of rotatable bonds is 14. The van der Waals surface area contributed by atoms with Crippen LogP contribution in [0, 0.1) is 38.5 Å². The molecule has 0 bridgehead atoms. The van der Waals surface area contributed by atoms with Crippen LogP contribution in [-0.2, 0) is 11.2 Å². The molecular weight excluding hydrogens is 432 g/mol. The molecule has 0 saturated carbocycles. The summed E-state index contributed by atoms with van der Waals surface area (Å²) in [6.07, 6.45) is 15.0. The van der Waals surface area contributed by atoms with Crippen molar-refractivity contribution >= 4 is 5.97 Å². The number of carbonyl (C=O) groups is 1. The second-order valence-electron chi connectivity index (χ2n) is 12.0. The van der Waals surface area contributed by atoms with Gasteiger partial charge in [0.25, 0.3) is 0 Å². The number of fused-ring (bicyclic) bond motifs is 1. The van der Waals surface area contributed by atoms with Gasteiger partial charge in [0.05, 0.1) is 0 Å². The molecule has 1 aromatic carbocycles. The lowest BCUT2D eigenvalue weighted by molar-refractivity contribution is -0.129. The summed E-state index contributed by atoms with van der Waals surface area (Å²) in [5, 5.41) is 0. The number of ether oxygens (including phenoxy) is 2. The summed E-state index contributed by atoms with van der Waals surface area (Å²) in [6.45, 7) is 21.4. The van der Waals surface area contributed by atoms with Gasteiger partial charge in [0.15, 0.2) is 0 Å². The Kier molecular flexibility index (Phi) is 11.4. The Morgan fingerprint density at radius 2 is 1.51 bits per heavy atom. The summed E-state index contributed by atoms with van der Waals surface area (Å²) < 4.78 is 12.3. The Hall–Kier alpha value is -1.77. The second-order valence-corrected chi connectivity index (χ2v) is 12.0. The van der Waals surface area contributed by atoms with Crippen LogP contribution in [0.25, 0.3) is 0 Å². The molecule has 198 valence electrons. The summed E-state index contributed by atoms with van der Waals surface area (Å²) in [5.74, 6) is 3.75. The molecule has 0 aromatic heterocycles. The minimum atomic E-state index is -0.410. The highest BCUT2D eigenvalue weighted by atomic mass is 16.5. The third-order valence-corrected chi connectivity index (χ3v) is 8.21. The Balaban J connectivity index is 1.84. The Morgan fingerprint density at radius 1 is 0.943 bits per heavy atom. The van der Waals surface area contributed by atoms with E-state index in [1.54, 1.807) is 0 Å². The average molecular weight is 485 g/mol. The lowest BCUT2D eigenvalue weighted by Crippen LogP contribution is -2.37. The van der Waals surface area contributed by atoms with E-state index in [1.165, 1.54) is 63.0 Å². The number of carbonyl (C=O) groups excluding carboxylic acids is 1. The molecule has 0 N–H and O–H groups in total. The van der Waals surface area contributed by atoms with Crippen molar-refractivity contribution in [3.63, 3.8) is 0 Å². The van der Waals surface area contributed by atoms with Crippen LogP contribution in [0.5, 0.6) is 11.5 Å². The fourth-order valence-corrected chi connectivity index (χ4v) is 5.56. The van der Waals surface area contributed by atoms with Gasteiger partial charge < -0.3 is 9.47 Å². The zero-order chi connectivity index (χ0) is 26.2. The molecule has 1 aromatic rings. The van der Waals surface area contributed by atoms with Crippen LogP contribution in [0.2, 0.25) is 0 Å². The Morgan fingerprint density at radius 3 is 2.09 bits per heavy atom. The van der Waals surface area contributed by atoms with E-state index < -0.39 is 5.97 Å². The molecule has 0 amide bonds. The number of esters is 1. The highest BCUT2D eigenvalue weighted by Crippen LogP contribution is 2.45. The van der Waals surface area contributed by atoms with Crippen LogP contribution in [0.1, 0.15) is 121 Å². The summed E-state index contributed by atoms with van der Waals surface area (Å²) in [5.41, 5.74) is 4.15. The lowest BCUT2D eigenvalue weighted by Gasteiger charge is -2.38. The van der Waals surface area contributed by atoms with Gasteiger partial charge >= 0.3 is 5.97 Å². The van der Waals surface area contributed by atoms with Crippen LogP contribution in [-0.4, -0.2) is 11.6 Å². The van der Waals surface area contributed by atoms with Crippen LogP contribution in [0.15, 0.2) is 12.7 Å². The van der Waals surface area contributed by atoms with Gasteiger partial charge in [-0.2, -0.15) is 0 Å². The molecule has 0 aliphatic carbocycles. The standard InChI is InChI=1S/C32H52O3/c1-10-29(33)34-30-25(6)26(7)31-28(27(30)8)19-21-32(9,35-31)20-13-18-24(5)17-12-16-23(4)15-11-14-22(2)3/h10,22-24H,1,11-21H2,2-9H3/t23-,24-,32+/m1/s1. The monoisotopic (exact) mass is 484 g/mol. The van der Waals surface area contributed by atoms with E-state index in [0.29, 0.717) is 5.75 Å². The smallest absolute Gasteiger partial charge is 0.335 e. The van der Waals surface area contributed by atoms with E-state index in [1.807, 2.05) is 13.8 Å². The molecule has 0 radical (unpaired) electrons. The van der Waals surface area contributed by atoms with Crippen molar-refractivity contribution in [1.29, 1.82) is 0 Å². The van der Waals surface area contributed by atoms with Crippen LogP contribution >= 0.6 is 0 Å². The van der Waals surface area contributed by atoms with Gasteiger partial charge in [-0.1, -0.05) is 79.2 Å². The highest BCUT2D eigenvalue weighted by Gasteiger charge is 2.34. The normalized spacial score (nSPS) is 19.1. The van der Waals surface area contributed by atoms with Crippen LogP contribution in [0.4, 0.5) is 0 Å². The van der Waals surface area contributed by atoms with Crippen molar-refractivity contribution in [3.8, 4) is 11.5 Å². The number of hydrogen-bond donors (Lipinski definition) is 0. The maximum absolute atomic E-state index is 11.8. The quantitative estimate of drug-likeness (QED) is 0.150. The van der Waals surface area contributed by atoms with Crippen molar-refractivity contribution in [2.45, 2.75) is 132 Å². The fraction of sp³-hybridized carbons (Fsp3) is 0.719.